The lowest BCUT2D eigenvalue weighted by Crippen LogP contribution is -2.42. The summed E-state index contributed by atoms with van der Waals surface area (Å²) in [5, 5.41) is 9.99. The predicted octanol–water partition coefficient (Wildman–Crippen LogP) is 3.99. The van der Waals surface area contributed by atoms with Gasteiger partial charge in [-0.3, -0.25) is 9.59 Å². The Balaban J connectivity index is 1.80. The maximum Gasteiger partial charge on any atom is 0.274 e. The Kier molecular flexibility index (Phi) is 6.11. The van der Waals surface area contributed by atoms with E-state index >= 15 is 0 Å². The molecule has 3 aromatic rings. The lowest BCUT2D eigenvalue weighted by Gasteiger charge is -2.19. The van der Waals surface area contributed by atoms with Gasteiger partial charge < -0.3 is 15.2 Å². The number of nitrogens with one attached hydrogen (secondary N) is 2. The molecule has 2 N–H and O–H groups in total. The van der Waals surface area contributed by atoms with Crippen molar-refractivity contribution in [3.05, 3.63) is 76.9 Å². The standard InChI is InChI=1S/C21H20ClN3O3/c1-13(2)23-21(27)19(15-6-4-3-5-7-15)24-20(26)17-12-18(28-25-17)14-8-10-16(22)11-9-14/h3-13,19H,1-2H3,(H,23,27)(H,24,26)/t19-/m0/s1. The van der Waals surface area contributed by atoms with E-state index < -0.39 is 11.9 Å². The molecular formula is C21H20ClN3O3. The van der Waals surface area contributed by atoms with Crippen LogP contribution in [-0.2, 0) is 4.79 Å². The molecule has 1 atom stereocenters. The molecule has 3 rings (SSSR count). The minimum atomic E-state index is -0.841. The summed E-state index contributed by atoms with van der Waals surface area (Å²) in [5.41, 5.74) is 1.51. The molecule has 28 heavy (non-hydrogen) atoms. The molecule has 6 nitrogen and oxygen atoms in total. The molecule has 0 saturated heterocycles. The summed E-state index contributed by atoms with van der Waals surface area (Å²) < 4.78 is 5.27. The first kappa shape index (κ1) is 19.6. The third kappa shape index (κ3) is 4.78. The third-order valence-electron chi connectivity index (χ3n) is 3.97. The average Bonchev–Trinajstić information content (AvgIpc) is 3.17. The average molecular weight is 398 g/mol. The van der Waals surface area contributed by atoms with E-state index in [-0.39, 0.29) is 17.6 Å². The van der Waals surface area contributed by atoms with Crippen molar-refractivity contribution < 1.29 is 14.1 Å². The number of aromatic nitrogens is 1. The van der Waals surface area contributed by atoms with E-state index in [1.54, 1.807) is 36.4 Å². The van der Waals surface area contributed by atoms with Gasteiger partial charge in [-0.1, -0.05) is 47.1 Å². The van der Waals surface area contributed by atoms with Crippen molar-refractivity contribution in [2.45, 2.75) is 25.9 Å². The van der Waals surface area contributed by atoms with E-state index in [4.69, 9.17) is 16.1 Å². The second kappa shape index (κ2) is 8.71. The van der Waals surface area contributed by atoms with Gasteiger partial charge in [0.1, 0.15) is 6.04 Å². The van der Waals surface area contributed by atoms with Crippen LogP contribution in [0.15, 0.2) is 65.2 Å². The van der Waals surface area contributed by atoms with Crippen LogP contribution in [0.3, 0.4) is 0 Å². The Morgan fingerprint density at radius 3 is 2.32 bits per heavy atom. The van der Waals surface area contributed by atoms with Crippen LogP contribution in [0.25, 0.3) is 11.3 Å². The Morgan fingerprint density at radius 2 is 1.68 bits per heavy atom. The highest BCUT2D eigenvalue weighted by Crippen LogP contribution is 2.23. The van der Waals surface area contributed by atoms with Gasteiger partial charge in [0.05, 0.1) is 0 Å². The first-order valence-electron chi connectivity index (χ1n) is 8.83. The molecule has 2 aromatic carbocycles. The van der Waals surface area contributed by atoms with E-state index in [2.05, 4.69) is 15.8 Å². The van der Waals surface area contributed by atoms with E-state index in [9.17, 15) is 9.59 Å². The molecule has 0 fully saturated rings. The summed E-state index contributed by atoms with van der Waals surface area (Å²) in [6, 6.07) is 16.7. The Bertz CT molecular complexity index is 953. The lowest BCUT2D eigenvalue weighted by atomic mass is 10.1. The number of rotatable bonds is 6. The van der Waals surface area contributed by atoms with E-state index in [1.807, 2.05) is 32.0 Å². The summed E-state index contributed by atoms with van der Waals surface area (Å²) in [6.07, 6.45) is 0. The minimum absolute atomic E-state index is 0.0563. The van der Waals surface area contributed by atoms with E-state index in [1.165, 1.54) is 6.07 Å². The van der Waals surface area contributed by atoms with Gasteiger partial charge in [0.25, 0.3) is 5.91 Å². The largest absolute Gasteiger partial charge is 0.355 e. The zero-order valence-electron chi connectivity index (χ0n) is 15.5. The fourth-order valence-electron chi connectivity index (χ4n) is 2.65. The van der Waals surface area contributed by atoms with Crippen LogP contribution >= 0.6 is 11.6 Å². The second-order valence-electron chi connectivity index (χ2n) is 6.56. The van der Waals surface area contributed by atoms with Gasteiger partial charge in [0, 0.05) is 22.7 Å². The molecule has 1 aromatic heterocycles. The van der Waals surface area contributed by atoms with E-state index in [0.29, 0.717) is 16.3 Å². The number of hydrogen-bond donors (Lipinski definition) is 2. The molecule has 0 aliphatic rings. The summed E-state index contributed by atoms with van der Waals surface area (Å²) in [6.45, 7) is 3.72. The molecule has 0 aliphatic heterocycles. The van der Waals surface area contributed by atoms with Gasteiger partial charge in [0.15, 0.2) is 11.5 Å². The molecule has 0 spiro atoms. The quantitative estimate of drug-likeness (QED) is 0.658. The third-order valence-corrected chi connectivity index (χ3v) is 4.22. The van der Waals surface area contributed by atoms with Gasteiger partial charge in [-0.25, -0.2) is 0 Å². The van der Waals surface area contributed by atoms with Crippen molar-refractivity contribution in [3.8, 4) is 11.3 Å². The van der Waals surface area contributed by atoms with Crippen molar-refractivity contribution >= 4 is 23.4 Å². The van der Waals surface area contributed by atoms with Crippen molar-refractivity contribution in [1.29, 1.82) is 0 Å². The highest BCUT2D eigenvalue weighted by atomic mass is 35.5. The summed E-state index contributed by atoms with van der Waals surface area (Å²) in [5.74, 6) is -0.364. The number of benzene rings is 2. The number of nitrogens with zero attached hydrogens (tertiary/aromatic N) is 1. The van der Waals surface area contributed by atoms with Crippen molar-refractivity contribution in [2.24, 2.45) is 0 Å². The predicted molar refractivity (Wildman–Crippen MR) is 107 cm³/mol. The van der Waals surface area contributed by atoms with E-state index in [0.717, 1.165) is 5.56 Å². The van der Waals surface area contributed by atoms with Gasteiger partial charge in [-0.05, 0) is 43.7 Å². The number of hydrogen-bond acceptors (Lipinski definition) is 4. The molecule has 0 aliphatic carbocycles. The molecule has 2 amide bonds. The Morgan fingerprint density at radius 1 is 1.00 bits per heavy atom. The first-order chi connectivity index (χ1) is 13.4. The fourth-order valence-corrected chi connectivity index (χ4v) is 2.78. The summed E-state index contributed by atoms with van der Waals surface area (Å²) in [7, 11) is 0. The monoisotopic (exact) mass is 397 g/mol. The number of halogens is 1. The molecule has 144 valence electrons. The van der Waals surface area contributed by atoms with Crippen LogP contribution in [0.4, 0.5) is 0 Å². The van der Waals surface area contributed by atoms with Crippen LogP contribution in [0, 0.1) is 0 Å². The molecule has 1 heterocycles. The molecule has 7 heteroatoms. The zero-order chi connectivity index (χ0) is 20.1. The summed E-state index contributed by atoms with van der Waals surface area (Å²) in [4.78, 5) is 25.3. The van der Waals surface area contributed by atoms with Crippen LogP contribution in [-0.4, -0.2) is 23.0 Å². The van der Waals surface area contributed by atoms with Crippen LogP contribution < -0.4 is 10.6 Å². The SMILES string of the molecule is CC(C)NC(=O)[C@@H](NC(=O)c1cc(-c2ccc(Cl)cc2)on1)c1ccccc1. The normalized spacial score (nSPS) is 11.9. The molecule has 0 saturated carbocycles. The smallest absolute Gasteiger partial charge is 0.274 e. The number of carbonyl (C=O) groups is 2. The van der Waals surface area contributed by atoms with Gasteiger partial charge in [-0.2, -0.15) is 0 Å². The molecular weight excluding hydrogens is 378 g/mol. The van der Waals surface area contributed by atoms with Crippen LogP contribution in [0.2, 0.25) is 5.02 Å². The molecule has 0 unspecified atom stereocenters. The van der Waals surface area contributed by atoms with Gasteiger partial charge >= 0.3 is 0 Å². The van der Waals surface area contributed by atoms with Gasteiger partial charge in [-0.15, -0.1) is 0 Å². The van der Waals surface area contributed by atoms with Crippen LogP contribution in [0.1, 0.15) is 35.9 Å². The zero-order valence-corrected chi connectivity index (χ0v) is 16.2. The number of carbonyl (C=O) groups excluding carboxylic acids is 2. The Labute approximate surface area is 167 Å². The molecule has 0 radical (unpaired) electrons. The maximum absolute atomic E-state index is 12.7. The number of amides is 2. The molecule has 0 bridgehead atoms. The highest BCUT2D eigenvalue weighted by Gasteiger charge is 2.25. The summed E-state index contributed by atoms with van der Waals surface area (Å²) >= 11 is 5.89. The van der Waals surface area contributed by atoms with Crippen molar-refractivity contribution in [1.82, 2.24) is 15.8 Å². The topological polar surface area (TPSA) is 84.2 Å². The Hall–Kier alpha value is -3.12. The fraction of sp³-hybridized carbons (Fsp3) is 0.190. The van der Waals surface area contributed by atoms with Crippen molar-refractivity contribution in [3.63, 3.8) is 0 Å². The first-order valence-corrected chi connectivity index (χ1v) is 9.20. The minimum Gasteiger partial charge on any atom is -0.355 e. The highest BCUT2D eigenvalue weighted by molar-refractivity contribution is 6.30. The van der Waals surface area contributed by atoms with Gasteiger partial charge in [0.2, 0.25) is 5.91 Å². The second-order valence-corrected chi connectivity index (χ2v) is 7.00. The maximum atomic E-state index is 12.7. The van der Waals surface area contributed by atoms with Crippen molar-refractivity contribution in [2.75, 3.05) is 0 Å². The lowest BCUT2D eigenvalue weighted by molar-refractivity contribution is -0.123. The van der Waals surface area contributed by atoms with Crippen LogP contribution in [0.5, 0.6) is 0 Å².